The number of aryl methyl sites for hydroxylation is 1. The number of methoxy groups -OCH3 is 1. The molecule has 3 nitrogen and oxygen atoms in total. The van der Waals surface area contributed by atoms with Crippen molar-refractivity contribution < 1.29 is 13.9 Å². The maximum Gasteiger partial charge on any atom is 0.306 e. The first-order valence-electron chi connectivity index (χ1n) is 5.79. The van der Waals surface area contributed by atoms with E-state index >= 15 is 0 Å². The van der Waals surface area contributed by atoms with Gasteiger partial charge in [-0.05, 0) is 36.1 Å². The minimum Gasteiger partial charge on any atom is -0.469 e. The van der Waals surface area contributed by atoms with Crippen molar-refractivity contribution in [3.05, 3.63) is 35.1 Å². The first-order chi connectivity index (χ1) is 8.20. The summed E-state index contributed by atoms with van der Waals surface area (Å²) in [7, 11) is 1.38. The third-order valence-electron chi connectivity index (χ3n) is 3.13. The van der Waals surface area contributed by atoms with Gasteiger partial charge in [-0.1, -0.05) is 6.07 Å². The largest absolute Gasteiger partial charge is 0.469 e. The molecule has 17 heavy (non-hydrogen) atoms. The summed E-state index contributed by atoms with van der Waals surface area (Å²) in [5.74, 6) is -0.395. The Hall–Kier alpha value is -1.42. The van der Waals surface area contributed by atoms with Crippen LogP contribution in [0.3, 0.4) is 0 Å². The molecule has 4 heteroatoms. The lowest BCUT2D eigenvalue weighted by Crippen LogP contribution is -2.22. The molecule has 1 aliphatic carbocycles. The lowest BCUT2D eigenvalue weighted by Gasteiger charge is -2.13. The molecule has 1 aromatic carbocycles. The van der Waals surface area contributed by atoms with E-state index < -0.39 is 0 Å². The quantitative estimate of drug-likeness (QED) is 0.814. The highest BCUT2D eigenvalue weighted by Crippen LogP contribution is 2.31. The Labute approximate surface area is 100.0 Å². The van der Waals surface area contributed by atoms with E-state index in [1.165, 1.54) is 13.2 Å². The van der Waals surface area contributed by atoms with E-state index in [0.717, 1.165) is 24.0 Å². The fourth-order valence-electron chi connectivity index (χ4n) is 2.25. The van der Waals surface area contributed by atoms with Crippen LogP contribution in [0.15, 0.2) is 18.2 Å². The fourth-order valence-corrected chi connectivity index (χ4v) is 2.25. The van der Waals surface area contributed by atoms with Crippen LogP contribution in [0.25, 0.3) is 0 Å². The Balaban J connectivity index is 1.91. The van der Waals surface area contributed by atoms with Crippen molar-refractivity contribution >= 4 is 5.97 Å². The number of rotatable bonds is 4. The van der Waals surface area contributed by atoms with Gasteiger partial charge in [0.15, 0.2) is 0 Å². The molecule has 0 spiro atoms. The molecule has 1 unspecified atom stereocenters. The van der Waals surface area contributed by atoms with Crippen LogP contribution in [-0.4, -0.2) is 19.6 Å². The fraction of sp³-hybridized carbons (Fsp3) is 0.462. The number of benzene rings is 1. The molecule has 1 aromatic rings. The summed E-state index contributed by atoms with van der Waals surface area (Å²) in [5, 5.41) is 3.30. The van der Waals surface area contributed by atoms with E-state index in [2.05, 4.69) is 10.1 Å². The first-order valence-corrected chi connectivity index (χ1v) is 5.79. The van der Waals surface area contributed by atoms with Gasteiger partial charge in [0.25, 0.3) is 0 Å². The topological polar surface area (TPSA) is 38.3 Å². The van der Waals surface area contributed by atoms with Crippen LogP contribution in [-0.2, 0) is 16.0 Å². The van der Waals surface area contributed by atoms with E-state index in [9.17, 15) is 9.18 Å². The smallest absolute Gasteiger partial charge is 0.306 e. The molecule has 0 saturated heterocycles. The molecule has 0 radical (unpaired) electrons. The molecule has 0 bridgehead atoms. The van der Waals surface area contributed by atoms with E-state index in [4.69, 9.17) is 0 Å². The van der Waals surface area contributed by atoms with Crippen molar-refractivity contribution in [2.75, 3.05) is 13.7 Å². The average molecular weight is 237 g/mol. The molecule has 1 aliphatic rings. The van der Waals surface area contributed by atoms with Gasteiger partial charge in [-0.3, -0.25) is 4.79 Å². The lowest BCUT2D eigenvalue weighted by atomic mass is 10.1. The number of esters is 1. The van der Waals surface area contributed by atoms with Crippen molar-refractivity contribution in [2.24, 2.45) is 0 Å². The molecule has 0 amide bonds. The summed E-state index contributed by atoms with van der Waals surface area (Å²) >= 11 is 0. The van der Waals surface area contributed by atoms with Gasteiger partial charge < -0.3 is 10.1 Å². The van der Waals surface area contributed by atoms with Crippen molar-refractivity contribution in [1.82, 2.24) is 5.32 Å². The van der Waals surface area contributed by atoms with Crippen LogP contribution in [0.5, 0.6) is 0 Å². The second-order valence-electron chi connectivity index (χ2n) is 4.21. The van der Waals surface area contributed by atoms with Gasteiger partial charge in [0, 0.05) is 12.6 Å². The molecule has 1 N–H and O–H groups in total. The Morgan fingerprint density at radius 2 is 2.41 bits per heavy atom. The molecule has 2 rings (SSSR count). The highest BCUT2D eigenvalue weighted by Gasteiger charge is 2.22. The van der Waals surface area contributed by atoms with Crippen LogP contribution in [0.2, 0.25) is 0 Å². The van der Waals surface area contributed by atoms with Crippen LogP contribution in [0.1, 0.15) is 30.0 Å². The summed E-state index contributed by atoms with van der Waals surface area (Å²) in [6, 6.07) is 5.14. The number of hydrogen-bond acceptors (Lipinski definition) is 3. The van der Waals surface area contributed by atoms with E-state index in [0.29, 0.717) is 13.0 Å². The predicted octanol–water partition coefficient (Wildman–Crippen LogP) is 1.97. The summed E-state index contributed by atoms with van der Waals surface area (Å²) < 4.78 is 17.6. The Morgan fingerprint density at radius 1 is 1.59 bits per heavy atom. The van der Waals surface area contributed by atoms with E-state index in [1.54, 1.807) is 6.07 Å². The van der Waals surface area contributed by atoms with Crippen molar-refractivity contribution in [2.45, 2.75) is 25.3 Å². The minimum atomic E-state index is -0.213. The lowest BCUT2D eigenvalue weighted by molar-refractivity contribution is -0.140. The molecular formula is C13H16FNO2. The maximum absolute atomic E-state index is 13.0. The molecule has 0 aromatic heterocycles. The molecule has 0 saturated carbocycles. The number of ether oxygens (including phenoxy) is 1. The Kier molecular flexibility index (Phi) is 3.74. The zero-order valence-electron chi connectivity index (χ0n) is 9.83. The van der Waals surface area contributed by atoms with Gasteiger partial charge in [0.1, 0.15) is 5.82 Å². The van der Waals surface area contributed by atoms with E-state index in [1.807, 2.05) is 6.07 Å². The summed E-state index contributed by atoms with van der Waals surface area (Å²) in [5.41, 5.74) is 2.22. The highest BCUT2D eigenvalue weighted by atomic mass is 19.1. The number of hydrogen-bond donors (Lipinski definition) is 1. The highest BCUT2D eigenvalue weighted by molar-refractivity contribution is 5.69. The van der Waals surface area contributed by atoms with Crippen molar-refractivity contribution in [3.63, 3.8) is 0 Å². The number of halogens is 1. The zero-order chi connectivity index (χ0) is 12.3. The van der Waals surface area contributed by atoms with Crippen molar-refractivity contribution in [3.8, 4) is 0 Å². The number of carbonyl (C=O) groups excluding carboxylic acids is 1. The zero-order valence-corrected chi connectivity index (χ0v) is 9.83. The van der Waals surface area contributed by atoms with Crippen LogP contribution >= 0.6 is 0 Å². The third kappa shape index (κ3) is 2.82. The number of carbonyl (C=O) groups is 1. The minimum absolute atomic E-state index is 0.182. The Morgan fingerprint density at radius 3 is 3.18 bits per heavy atom. The van der Waals surface area contributed by atoms with E-state index in [-0.39, 0.29) is 17.8 Å². The van der Waals surface area contributed by atoms with Gasteiger partial charge >= 0.3 is 5.97 Å². The van der Waals surface area contributed by atoms with Crippen molar-refractivity contribution in [1.29, 1.82) is 0 Å². The summed E-state index contributed by atoms with van der Waals surface area (Å²) in [6.45, 7) is 0.591. The third-order valence-corrected chi connectivity index (χ3v) is 3.13. The molecule has 92 valence electrons. The number of fused-ring (bicyclic) bond motifs is 1. The normalized spacial score (nSPS) is 17.9. The first kappa shape index (κ1) is 12.0. The van der Waals surface area contributed by atoms with Gasteiger partial charge in [-0.2, -0.15) is 0 Å². The van der Waals surface area contributed by atoms with Crippen LogP contribution < -0.4 is 5.32 Å². The summed E-state index contributed by atoms with van der Waals surface area (Å²) in [4.78, 5) is 11.0. The monoisotopic (exact) mass is 237 g/mol. The van der Waals surface area contributed by atoms with Gasteiger partial charge in [-0.15, -0.1) is 0 Å². The average Bonchev–Trinajstić information content (AvgIpc) is 2.71. The van der Waals surface area contributed by atoms with Gasteiger partial charge in [-0.25, -0.2) is 4.39 Å². The molecule has 1 atom stereocenters. The number of nitrogens with one attached hydrogen (secondary N) is 1. The maximum atomic E-state index is 13.0. The van der Waals surface area contributed by atoms with Gasteiger partial charge in [0.2, 0.25) is 0 Å². The van der Waals surface area contributed by atoms with Crippen LogP contribution in [0, 0.1) is 5.82 Å². The standard InChI is InChI=1S/C13H16FNO2/c1-17-13(16)6-7-15-12-5-2-9-8-10(14)3-4-11(9)12/h3-4,8,12,15H,2,5-7H2,1H3. The molecule has 0 heterocycles. The molecular weight excluding hydrogens is 221 g/mol. The SMILES string of the molecule is COC(=O)CCNC1CCc2cc(F)ccc21. The molecule has 0 fully saturated rings. The van der Waals surface area contributed by atoms with Gasteiger partial charge in [0.05, 0.1) is 13.5 Å². The summed E-state index contributed by atoms with van der Waals surface area (Å²) in [6.07, 6.45) is 2.21. The predicted molar refractivity (Wildman–Crippen MR) is 62.1 cm³/mol. The molecule has 0 aliphatic heterocycles. The second kappa shape index (κ2) is 5.27. The van der Waals surface area contributed by atoms with Crippen LogP contribution in [0.4, 0.5) is 4.39 Å². The Bertz CT molecular complexity index is 420. The second-order valence-corrected chi connectivity index (χ2v) is 4.21.